The van der Waals surface area contributed by atoms with Gasteiger partial charge in [0.25, 0.3) is 5.91 Å². The lowest BCUT2D eigenvalue weighted by atomic mass is 10.1. The van der Waals surface area contributed by atoms with E-state index in [-0.39, 0.29) is 11.9 Å². The molecule has 5 nitrogen and oxygen atoms in total. The molecule has 1 amide bonds. The highest BCUT2D eigenvalue weighted by molar-refractivity contribution is 6.30. The van der Waals surface area contributed by atoms with Gasteiger partial charge in [-0.1, -0.05) is 37.6 Å². The third-order valence-electron chi connectivity index (χ3n) is 4.52. The number of carbonyl (C=O) groups is 1. The van der Waals surface area contributed by atoms with Crippen LogP contribution in [0.3, 0.4) is 0 Å². The molecule has 6 heteroatoms. The number of nitrogens with zero attached hydrogens (tertiary/aromatic N) is 4. The van der Waals surface area contributed by atoms with Crippen molar-refractivity contribution in [3.63, 3.8) is 0 Å². The summed E-state index contributed by atoms with van der Waals surface area (Å²) in [5.74, 6) is 0.419. The standard InChI is InChI=1S/C20H23ClN4O/c1-13(2)11-25-12-23-18-9-16(10-22-19(18)25)20(26)24(4)14(3)15-5-7-17(21)8-6-15/h5-10,12-14H,11H2,1-4H3. The molecular formula is C20H23ClN4O. The summed E-state index contributed by atoms with van der Waals surface area (Å²) in [6.45, 7) is 7.14. The fraction of sp³-hybridized carbons (Fsp3) is 0.350. The summed E-state index contributed by atoms with van der Waals surface area (Å²) in [7, 11) is 1.79. The molecule has 26 heavy (non-hydrogen) atoms. The number of aromatic nitrogens is 3. The summed E-state index contributed by atoms with van der Waals surface area (Å²) in [4.78, 5) is 23.5. The summed E-state index contributed by atoms with van der Waals surface area (Å²) >= 11 is 5.95. The quantitative estimate of drug-likeness (QED) is 0.660. The molecule has 1 unspecified atom stereocenters. The first-order valence-corrected chi connectivity index (χ1v) is 9.08. The normalized spacial score (nSPS) is 12.5. The van der Waals surface area contributed by atoms with E-state index in [9.17, 15) is 4.79 Å². The van der Waals surface area contributed by atoms with Gasteiger partial charge in [-0.2, -0.15) is 0 Å². The number of carbonyl (C=O) groups excluding carboxylic acids is 1. The molecule has 0 saturated carbocycles. The number of benzene rings is 1. The van der Waals surface area contributed by atoms with E-state index in [1.165, 1.54) is 0 Å². The van der Waals surface area contributed by atoms with Crippen LogP contribution >= 0.6 is 11.6 Å². The Morgan fingerprint density at radius 1 is 1.19 bits per heavy atom. The summed E-state index contributed by atoms with van der Waals surface area (Å²) in [5, 5.41) is 0.682. The van der Waals surface area contributed by atoms with Crippen molar-refractivity contribution < 1.29 is 4.79 Å². The maximum Gasteiger partial charge on any atom is 0.255 e. The van der Waals surface area contributed by atoms with Crippen LogP contribution in [0.5, 0.6) is 0 Å². The van der Waals surface area contributed by atoms with E-state index in [0.717, 1.165) is 23.3 Å². The fourth-order valence-electron chi connectivity index (χ4n) is 2.94. The number of amides is 1. The molecule has 1 atom stereocenters. The minimum Gasteiger partial charge on any atom is -0.335 e. The second-order valence-corrected chi connectivity index (χ2v) is 7.44. The molecule has 0 aliphatic carbocycles. The number of hydrogen-bond donors (Lipinski definition) is 0. The molecule has 1 aromatic carbocycles. The van der Waals surface area contributed by atoms with E-state index in [2.05, 4.69) is 23.8 Å². The molecule has 2 heterocycles. The maximum atomic E-state index is 12.9. The van der Waals surface area contributed by atoms with Gasteiger partial charge in [0.1, 0.15) is 5.52 Å². The first kappa shape index (κ1) is 18.4. The Kier molecular flexibility index (Phi) is 5.28. The molecule has 3 rings (SSSR count). The molecule has 0 radical (unpaired) electrons. The molecule has 0 aliphatic rings. The van der Waals surface area contributed by atoms with E-state index >= 15 is 0 Å². The van der Waals surface area contributed by atoms with E-state index in [1.54, 1.807) is 24.5 Å². The highest BCUT2D eigenvalue weighted by Crippen LogP contribution is 2.23. The lowest BCUT2D eigenvalue weighted by Crippen LogP contribution is -2.29. The number of pyridine rings is 1. The maximum absolute atomic E-state index is 12.9. The lowest BCUT2D eigenvalue weighted by Gasteiger charge is -2.25. The smallest absolute Gasteiger partial charge is 0.255 e. The largest absolute Gasteiger partial charge is 0.335 e. The van der Waals surface area contributed by atoms with Crippen LogP contribution in [0, 0.1) is 5.92 Å². The van der Waals surface area contributed by atoms with Crippen LogP contribution in [0.2, 0.25) is 5.02 Å². The first-order chi connectivity index (χ1) is 12.4. The Morgan fingerprint density at radius 2 is 1.88 bits per heavy atom. The van der Waals surface area contributed by atoms with Crippen molar-refractivity contribution in [2.24, 2.45) is 5.92 Å². The van der Waals surface area contributed by atoms with E-state index in [1.807, 2.05) is 41.8 Å². The Hall–Kier alpha value is -2.40. The summed E-state index contributed by atoms with van der Waals surface area (Å²) in [6, 6.07) is 9.28. The average Bonchev–Trinajstić information content (AvgIpc) is 3.02. The molecular weight excluding hydrogens is 348 g/mol. The van der Waals surface area contributed by atoms with Crippen LogP contribution < -0.4 is 0 Å². The van der Waals surface area contributed by atoms with Gasteiger partial charge in [-0.05, 0) is 36.6 Å². The van der Waals surface area contributed by atoms with Crippen LogP contribution in [0.15, 0.2) is 42.9 Å². The van der Waals surface area contributed by atoms with Gasteiger partial charge in [-0.25, -0.2) is 9.97 Å². The number of imidazole rings is 1. The zero-order valence-corrected chi connectivity index (χ0v) is 16.2. The molecule has 0 bridgehead atoms. The third-order valence-corrected chi connectivity index (χ3v) is 4.77. The molecule has 136 valence electrons. The molecule has 2 aromatic heterocycles. The van der Waals surface area contributed by atoms with Gasteiger partial charge in [-0.3, -0.25) is 4.79 Å². The topological polar surface area (TPSA) is 51.0 Å². The van der Waals surface area contributed by atoms with Crippen LogP contribution in [0.4, 0.5) is 0 Å². The van der Waals surface area contributed by atoms with Gasteiger partial charge in [0.15, 0.2) is 5.65 Å². The zero-order chi connectivity index (χ0) is 18.8. The molecule has 0 aliphatic heterocycles. The van der Waals surface area contributed by atoms with Crippen molar-refractivity contribution in [2.45, 2.75) is 33.4 Å². The van der Waals surface area contributed by atoms with E-state index in [4.69, 9.17) is 11.6 Å². The van der Waals surface area contributed by atoms with Crippen LogP contribution in [-0.2, 0) is 6.54 Å². The van der Waals surface area contributed by atoms with Crippen molar-refractivity contribution in [3.05, 3.63) is 59.0 Å². The monoisotopic (exact) mass is 370 g/mol. The number of fused-ring (bicyclic) bond motifs is 1. The van der Waals surface area contributed by atoms with Gasteiger partial charge < -0.3 is 9.47 Å². The third kappa shape index (κ3) is 3.73. The second kappa shape index (κ2) is 7.46. The van der Waals surface area contributed by atoms with Crippen molar-refractivity contribution in [1.82, 2.24) is 19.4 Å². The molecule has 3 aromatic rings. The summed E-state index contributed by atoms with van der Waals surface area (Å²) in [5.41, 5.74) is 3.11. The van der Waals surface area contributed by atoms with Gasteiger partial charge in [0, 0.05) is 24.8 Å². The predicted octanol–water partition coefficient (Wildman–Crippen LogP) is 4.57. The van der Waals surface area contributed by atoms with Gasteiger partial charge in [-0.15, -0.1) is 0 Å². The van der Waals surface area contributed by atoms with Crippen molar-refractivity contribution in [3.8, 4) is 0 Å². The number of rotatable bonds is 5. The molecule has 0 fully saturated rings. The van der Waals surface area contributed by atoms with E-state index < -0.39 is 0 Å². The Balaban J connectivity index is 1.83. The van der Waals surface area contributed by atoms with Gasteiger partial charge in [0.05, 0.1) is 17.9 Å². The number of hydrogen-bond acceptors (Lipinski definition) is 3. The molecule has 0 N–H and O–H groups in total. The van der Waals surface area contributed by atoms with E-state index in [0.29, 0.717) is 16.5 Å². The van der Waals surface area contributed by atoms with Crippen molar-refractivity contribution in [2.75, 3.05) is 7.05 Å². The van der Waals surface area contributed by atoms with Crippen molar-refractivity contribution in [1.29, 1.82) is 0 Å². The van der Waals surface area contributed by atoms with Crippen LogP contribution in [0.1, 0.15) is 42.7 Å². The minimum absolute atomic E-state index is 0.0750. The lowest BCUT2D eigenvalue weighted by molar-refractivity contribution is 0.0742. The highest BCUT2D eigenvalue weighted by atomic mass is 35.5. The highest BCUT2D eigenvalue weighted by Gasteiger charge is 2.20. The predicted molar refractivity (Wildman–Crippen MR) is 104 cm³/mol. The Labute approximate surface area is 158 Å². The second-order valence-electron chi connectivity index (χ2n) is 7.00. The summed E-state index contributed by atoms with van der Waals surface area (Å²) < 4.78 is 2.02. The first-order valence-electron chi connectivity index (χ1n) is 8.70. The Morgan fingerprint density at radius 3 is 2.54 bits per heavy atom. The van der Waals surface area contributed by atoms with Crippen molar-refractivity contribution >= 4 is 28.7 Å². The van der Waals surface area contributed by atoms with Crippen LogP contribution in [-0.4, -0.2) is 32.4 Å². The average molecular weight is 371 g/mol. The Bertz CT molecular complexity index is 917. The molecule has 0 spiro atoms. The SMILES string of the molecule is CC(C)Cn1cnc2cc(C(=O)N(C)C(C)c3ccc(Cl)cc3)cnc21. The van der Waals surface area contributed by atoms with Gasteiger partial charge >= 0.3 is 0 Å². The number of halogens is 1. The van der Waals surface area contributed by atoms with Crippen LogP contribution in [0.25, 0.3) is 11.2 Å². The minimum atomic E-state index is -0.0831. The van der Waals surface area contributed by atoms with Gasteiger partial charge in [0.2, 0.25) is 0 Å². The zero-order valence-electron chi connectivity index (χ0n) is 15.5. The molecule has 0 saturated heterocycles. The summed E-state index contributed by atoms with van der Waals surface area (Å²) in [6.07, 6.45) is 3.42. The fourth-order valence-corrected chi connectivity index (χ4v) is 3.06.